The molecule has 266 valence electrons. The molecular formula is C52H32N4O. The average molecular weight is 729 g/mol. The van der Waals surface area contributed by atoms with Gasteiger partial charge in [-0.15, -0.1) is 0 Å². The summed E-state index contributed by atoms with van der Waals surface area (Å²) in [5, 5.41) is 2.01. The number of pyridine rings is 2. The first-order chi connectivity index (χ1) is 28.2. The van der Waals surface area contributed by atoms with Crippen LogP contribution in [0, 0.1) is 0 Å². The van der Waals surface area contributed by atoms with Crippen molar-refractivity contribution in [2.24, 2.45) is 0 Å². The van der Waals surface area contributed by atoms with Crippen LogP contribution in [0.25, 0.3) is 111 Å². The topological polar surface area (TPSA) is 64.7 Å². The van der Waals surface area contributed by atoms with Crippen LogP contribution < -0.4 is 0 Å². The van der Waals surface area contributed by atoms with Crippen LogP contribution in [0.5, 0.6) is 0 Å². The van der Waals surface area contributed by atoms with Crippen molar-refractivity contribution in [2.45, 2.75) is 0 Å². The zero-order chi connectivity index (χ0) is 37.7. The van der Waals surface area contributed by atoms with Gasteiger partial charge in [-0.05, 0) is 81.4 Å². The maximum absolute atomic E-state index is 6.26. The van der Waals surface area contributed by atoms with Crippen molar-refractivity contribution in [3.05, 3.63) is 194 Å². The Morgan fingerprint density at radius 2 is 0.842 bits per heavy atom. The lowest BCUT2D eigenvalue weighted by atomic mass is 9.94. The van der Waals surface area contributed by atoms with Crippen LogP contribution in [0.2, 0.25) is 0 Å². The van der Waals surface area contributed by atoms with Gasteiger partial charge in [0.1, 0.15) is 5.58 Å². The SMILES string of the molecule is c1ccc(-c2ccc(-c3nc4ccccc4nc3-c3ccc(-c4cccc(-c5cccc(-c6c7ncccc7nc7oc8ccccc8c67)c5)c4)cc3)cc2)cc1. The summed E-state index contributed by atoms with van der Waals surface area (Å²) in [6.07, 6.45) is 1.83. The molecule has 0 aliphatic carbocycles. The Kier molecular flexibility index (Phi) is 7.74. The number of para-hydroxylation sites is 3. The molecular weight excluding hydrogens is 697 g/mol. The van der Waals surface area contributed by atoms with E-state index in [0.717, 1.165) is 94.3 Å². The number of hydrogen-bond acceptors (Lipinski definition) is 5. The minimum Gasteiger partial charge on any atom is -0.438 e. The molecule has 4 aromatic heterocycles. The predicted molar refractivity (Wildman–Crippen MR) is 233 cm³/mol. The second-order valence-electron chi connectivity index (χ2n) is 14.2. The molecule has 0 aliphatic heterocycles. The molecule has 0 saturated carbocycles. The smallest absolute Gasteiger partial charge is 0.228 e. The number of nitrogens with zero attached hydrogens (tertiary/aromatic N) is 4. The fraction of sp³-hybridized carbons (Fsp3) is 0. The highest BCUT2D eigenvalue weighted by atomic mass is 16.3. The van der Waals surface area contributed by atoms with Gasteiger partial charge < -0.3 is 4.42 Å². The van der Waals surface area contributed by atoms with Crippen LogP contribution in [-0.4, -0.2) is 19.9 Å². The Bertz CT molecular complexity index is 3280. The number of aromatic nitrogens is 4. The summed E-state index contributed by atoms with van der Waals surface area (Å²) >= 11 is 0. The first-order valence-electron chi connectivity index (χ1n) is 19.0. The Hall–Kier alpha value is -7.76. The second-order valence-corrected chi connectivity index (χ2v) is 14.2. The van der Waals surface area contributed by atoms with Crippen LogP contribution in [0.4, 0.5) is 0 Å². The van der Waals surface area contributed by atoms with E-state index in [4.69, 9.17) is 24.4 Å². The molecule has 0 amide bonds. The lowest BCUT2D eigenvalue weighted by molar-refractivity contribution is 0.656. The summed E-state index contributed by atoms with van der Waals surface area (Å²) in [6.45, 7) is 0. The summed E-state index contributed by atoms with van der Waals surface area (Å²) in [5.74, 6) is 0. The van der Waals surface area contributed by atoms with E-state index in [-0.39, 0.29) is 0 Å². The number of furan rings is 1. The Morgan fingerprint density at radius 3 is 1.53 bits per heavy atom. The fourth-order valence-electron chi connectivity index (χ4n) is 7.95. The van der Waals surface area contributed by atoms with Gasteiger partial charge in [-0.1, -0.05) is 146 Å². The lowest BCUT2D eigenvalue weighted by Crippen LogP contribution is -1.95. The van der Waals surface area contributed by atoms with Crippen molar-refractivity contribution >= 4 is 44.1 Å². The van der Waals surface area contributed by atoms with Crippen LogP contribution in [-0.2, 0) is 0 Å². The maximum Gasteiger partial charge on any atom is 0.228 e. The van der Waals surface area contributed by atoms with E-state index < -0.39 is 0 Å². The molecule has 7 aromatic carbocycles. The van der Waals surface area contributed by atoms with E-state index in [1.807, 2.05) is 66.9 Å². The maximum atomic E-state index is 6.26. The molecule has 0 fully saturated rings. The van der Waals surface area contributed by atoms with Gasteiger partial charge in [0.15, 0.2) is 0 Å². The summed E-state index contributed by atoms with van der Waals surface area (Å²) in [5.41, 5.74) is 17.5. The minimum atomic E-state index is 0.616. The summed E-state index contributed by atoms with van der Waals surface area (Å²) < 4.78 is 6.26. The van der Waals surface area contributed by atoms with Crippen molar-refractivity contribution in [3.8, 4) is 67.0 Å². The van der Waals surface area contributed by atoms with Gasteiger partial charge in [-0.25, -0.2) is 15.0 Å². The largest absolute Gasteiger partial charge is 0.438 e. The van der Waals surface area contributed by atoms with Gasteiger partial charge >= 0.3 is 0 Å². The predicted octanol–water partition coefficient (Wildman–Crippen LogP) is 13.5. The van der Waals surface area contributed by atoms with E-state index in [1.165, 1.54) is 11.1 Å². The molecule has 0 radical (unpaired) electrons. The fourth-order valence-corrected chi connectivity index (χ4v) is 7.95. The summed E-state index contributed by atoms with van der Waals surface area (Å²) in [6, 6.07) is 65.2. The van der Waals surface area contributed by atoms with Crippen LogP contribution in [0.15, 0.2) is 199 Å². The molecule has 0 atom stereocenters. The molecule has 0 aliphatic rings. The van der Waals surface area contributed by atoms with Gasteiger partial charge in [0, 0.05) is 28.3 Å². The normalized spacial score (nSPS) is 11.5. The van der Waals surface area contributed by atoms with Gasteiger partial charge in [0.05, 0.1) is 38.8 Å². The zero-order valence-corrected chi connectivity index (χ0v) is 30.7. The first-order valence-corrected chi connectivity index (χ1v) is 19.0. The third-order valence-corrected chi connectivity index (χ3v) is 10.7. The van der Waals surface area contributed by atoms with Gasteiger partial charge in [-0.2, -0.15) is 0 Å². The van der Waals surface area contributed by atoms with E-state index in [0.29, 0.717) is 5.71 Å². The summed E-state index contributed by atoms with van der Waals surface area (Å²) in [7, 11) is 0. The minimum absolute atomic E-state index is 0.616. The Labute approximate surface area is 328 Å². The van der Waals surface area contributed by atoms with Crippen LogP contribution in [0.3, 0.4) is 0 Å². The van der Waals surface area contributed by atoms with Crippen LogP contribution >= 0.6 is 0 Å². The van der Waals surface area contributed by atoms with Gasteiger partial charge in [0.25, 0.3) is 0 Å². The van der Waals surface area contributed by atoms with Crippen molar-refractivity contribution < 1.29 is 4.42 Å². The van der Waals surface area contributed by atoms with E-state index in [2.05, 4.69) is 127 Å². The highest BCUT2D eigenvalue weighted by Crippen LogP contribution is 2.41. The molecule has 0 bridgehead atoms. The first kappa shape index (κ1) is 32.7. The Balaban J connectivity index is 0.959. The quantitative estimate of drug-likeness (QED) is 0.171. The van der Waals surface area contributed by atoms with Gasteiger partial charge in [0.2, 0.25) is 5.71 Å². The Morgan fingerprint density at radius 1 is 0.351 bits per heavy atom. The van der Waals surface area contributed by atoms with E-state index >= 15 is 0 Å². The van der Waals surface area contributed by atoms with Crippen molar-refractivity contribution in [1.29, 1.82) is 0 Å². The van der Waals surface area contributed by atoms with E-state index in [1.54, 1.807) is 0 Å². The molecule has 4 heterocycles. The molecule has 11 rings (SSSR count). The molecule has 0 saturated heterocycles. The standard InChI is InChI=1S/C52H32N4O/c1-2-11-33(12-3-1)34-22-26-36(27-23-34)49-50(55-44-19-6-5-18-43(44)54-49)37-28-24-35(25-29-37)38-13-8-14-39(31-38)40-15-9-16-41(32-40)47-48-42-17-4-7-21-46(42)57-52(48)56-45-20-10-30-53-51(45)47/h1-32H. The molecule has 5 heteroatoms. The van der Waals surface area contributed by atoms with Crippen molar-refractivity contribution in [3.63, 3.8) is 0 Å². The third-order valence-electron chi connectivity index (χ3n) is 10.7. The highest BCUT2D eigenvalue weighted by molar-refractivity contribution is 6.17. The summed E-state index contributed by atoms with van der Waals surface area (Å²) in [4.78, 5) is 20.0. The zero-order valence-electron chi connectivity index (χ0n) is 30.7. The van der Waals surface area contributed by atoms with Crippen LogP contribution in [0.1, 0.15) is 0 Å². The van der Waals surface area contributed by atoms with Gasteiger partial charge in [-0.3, -0.25) is 4.98 Å². The van der Waals surface area contributed by atoms with E-state index in [9.17, 15) is 0 Å². The molecule has 0 spiro atoms. The number of fused-ring (bicyclic) bond motifs is 5. The molecule has 5 nitrogen and oxygen atoms in total. The number of rotatable bonds is 6. The van der Waals surface area contributed by atoms with Crippen molar-refractivity contribution in [1.82, 2.24) is 19.9 Å². The molecule has 0 unspecified atom stereocenters. The number of hydrogen-bond donors (Lipinski definition) is 0. The monoisotopic (exact) mass is 728 g/mol. The lowest BCUT2D eigenvalue weighted by Gasteiger charge is -2.13. The molecule has 0 N–H and O–H groups in total. The average Bonchev–Trinajstić information content (AvgIpc) is 3.66. The number of benzene rings is 7. The third kappa shape index (κ3) is 5.81. The van der Waals surface area contributed by atoms with Crippen molar-refractivity contribution in [2.75, 3.05) is 0 Å². The molecule has 57 heavy (non-hydrogen) atoms. The highest BCUT2D eigenvalue weighted by Gasteiger charge is 2.19. The second kappa shape index (κ2) is 13.5. The molecule has 11 aromatic rings.